The van der Waals surface area contributed by atoms with E-state index in [0.717, 1.165) is 51.1 Å². The van der Waals surface area contributed by atoms with Crippen molar-refractivity contribution in [3.63, 3.8) is 0 Å². The van der Waals surface area contributed by atoms with Gasteiger partial charge < -0.3 is 25.7 Å². The topological polar surface area (TPSA) is 102 Å². The fourth-order valence-corrected chi connectivity index (χ4v) is 6.59. The summed E-state index contributed by atoms with van der Waals surface area (Å²) in [7, 11) is 0. The Balaban J connectivity index is 1.98. The maximum absolute atomic E-state index is 12.3. The van der Waals surface area contributed by atoms with Crippen molar-refractivity contribution in [1.29, 1.82) is 0 Å². The van der Waals surface area contributed by atoms with Crippen LogP contribution in [0.2, 0.25) is 0 Å². The van der Waals surface area contributed by atoms with E-state index in [9.17, 15) is 14.7 Å². The fourth-order valence-electron chi connectivity index (χ4n) is 2.77. The first kappa shape index (κ1) is 27.3. The first-order valence-corrected chi connectivity index (χ1v) is 13.8. The molecule has 168 valence electrons. The summed E-state index contributed by atoms with van der Waals surface area (Å²) in [5.41, 5.74) is 7.06. The number of rotatable bonds is 11. The van der Waals surface area contributed by atoms with Gasteiger partial charge in [-0.05, 0) is 139 Å². The Hall–Kier alpha value is 0.0600. The molecular formula is C21H22I4N2O4. The molecule has 31 heavy (non-hydrogen) atoms. The highest BCUT2D eigenvalue weighted by Gasteiger charge is 2.17. The molecular weight excluding hydrogens is 852 g/mol. The maximum Gasteiger partial charge on any atom is 0.237 e. The highest BCUT2D eigenvalue weighted by molar-refractivity contribution is 14.1. The van der Waals surface area contributed by atoms with Crippen molar-refractivity contribution in [3.05, 3.63) is 44.1 Å². The number of aromatic hydroxyl groups is 1. The third-order valence-corrected chi connectivity index (χ3v) is 7.61. The van der Waals surface area contributed by atoms with E-state index in [-0.39, 0.29) is 11.7 Å². The van der Waals surface area contributed by atoms with Crippen molar-refractivity contribution < 1.29 is 19.4 Å². The molecule has 0 spiro atoms. The summed E-state index contributed by atoms with van der Waals surface area (Å²) in [5, 5.41) is 12.8. The number of carbonyl (C=O) groups excluding carboxylic acids is 2. The van der Waals surface area contributed by atoms with E-state index in [1.54, 1.807) is 12.1 Å². The monoisotopic (exact) mass is 874 g/mol. The summed E-state index contributed by atoms with van der Waals surface area (Å²) in [6.07, 6.45) is 4.50. The van der Waals surface area contributed by atoms with E-state index in [2.05, 4.69) is 95.7 Å². The molecule has 2 aromatic carbocycles. The summed E-state index contributed by atoms with van der Waals surface area (Å²) in [6, 6.07) is 6.89. The van der Waals surface area contributed by atoms with Gasteiger partial charge in [0.2, 0.25) is 5.91 Å². The molecule has 0 aliphatic heterocycles. The van der Waals surface area contributed by atoms with Gasteiger partial charge in [-0.1, -0.05) is 6.42 Å². The Morgan fingerprint density at radius 1 is 1.03 bits per heavy atom. The molecule has 2 aromatic rings. The van der Waals surface area contributed by atoms with Crippen LogP contribution in [0, 0.1) is 14.3 Å². The number of unbranched alkanes of at least 4 members (excludes halogenated alkanes) is 3. The van der Waals surface area contributed by atoms with Crippen molar-refractivity contribution in [1.82, 2.24) is 5.32 Å². The van der Waals surface area contributed by atoms with Crippen LogP contribution in [0.4, 0.5) is 0 Å². The third kappa shape index (κ3) is 8.73. The molecule has 0 saturated heterocycles. The summed E-state index contributed by atoms with van der Waals surface area (Å²) in [6.45, 7) is 0.567. The van der Waals surface area contributed by atoms with Gasteiger partial charge in [0.15, 0.2) is 5.75 Å². The number of ether oxygens (including phenoxy) is 1. The van der Waals surface area contributed by atoms with Gasteiger partial charge in [0.1, 0.15) is 17.8 Å². The second-order valence-electron chi connectivity index (χ2n) is 6.84. The van der Waals surface area contributed by atoms with Gasteiger partial charge >= 0.3 is 0 Å². The fraction of sp³-hybridized carbons (Fsp3) is 0.333. The predicted molar refractivity (Wildman–Crippen MR) is 155 cm³/mol. The van der Waals surface area contributed by atoms with Crippen molar-refractivity contribution in [2.75, 3.05) is 6.54 Å². The van der Waals surface area contributed by atoms with E-state index in [1.807, 2.05) is 12.1 Å². The normalized spacial score (nSPS) is 11.8. The van der Waals surface area contributed by atoms with E-state index in [1.165, 1.54) is 0 Å². The molecule has 0 radical (unpaired) electrons. The number of phenols is 1. The summed E-state index contributed by atoms with van der Waals surface area (Å²) >= 11 is 8.58. The second kappa shape index (κ2) is 13.7. The molecule has 6 nitrogen and oxygen atoms in total. The molecule has 0 bridgehead atoms. The zero-order chi connectivity index (χ0) is 23.0. The van der Waals surface area contributed by atoms with Crippen LogP contribution in [-0.4, -0.2) is 29.9 Å². The number of phenolic OH excluding ortho intramolecular Hbond substituents is 1. The highest BCUT2D eigenvalue weighted by Crippen LogP contribution is 2.36. The molecule has 1 amide bonds. The number of halogens is 4. The number of nitrogens with two attached hydrogens (primary N) is 1. The number of nitrogens with one attached hydrogen (secondary N) is 1. The molecule has 0 aliphatic carbocycles. The SMILES string of the molecule is N[C@@H](Cc1cc(I)c(Oc2cc(I)c(O)c(I)c2)c(I)c1)C(=O)NCCCCCC=O. The number of amides is 1. The van der Waals surface area contributed by atoms with E-state index >= 15 is 0 Å². The third-order valence-electron chi connectivity index (χ3n) is 4.36. The van der Waals surface area contributed by atoms with Gasteiger partial charge in [-0.15, -0.1) is 0 Å². The average molecular weight is 874 g/mol. The summed E-state index contributed by atoms with van der Waals surface area (Å²) in [4.78, 5) is 22.6. The summed E-state index contributed by atoms with van der Waals surface area (Å²) < 4.78 is 9.37. The lowest BCUT2D eigenvalue weighted by Crippen LogP contribution is -2.42. The van der Waals surface area contributed by atoms with Crippen LogP contribution in [-0.2, 0) is 16.0 Å². The Morgan fingerprint density at radius 3 is 2.23 bits per heavy atom. The largest absolute Gasteiger partial charge is 0.506 e. The lowest BCUT2D eigenvalue weighted by atomic mass is 10.1. The molecule has 1 atom stereocenters. The maximum atomic E-state index is 12.3. The Bertz CT molecular complexity index is 894. The molecule has 0 aromatic heterocycles. The van der Waals surface area contributed by atoms with Crippen LogP contribution in [0.15, 0.2) is 24.3 Å². The zero-order valence-corrected chi connectivity index (χ0v) is 25.1. The highest BCUT2D eigenvalue weighted by atomic mass is 127. The minimum Gasteiger partial charge on any atom is -0.506 e. The van der Waals surface area contributed by atoms with Crippen LogP contribution >= 0.6 is 90.4 Å². The van der Waals surface area contributed by atoms with Crippen LogP contribution < -0.4 is 15.8 Å². The number of benzene rings is 2. The van der Waals surface area contributed by atoms with Crippen LogP contribution in [0.5, 0.6) is 17.2 Å². The van der Waals surface area contributed by atoms with Gasteiger partial charge in [0.05, 0.1) is 20.3 Å². The van der Waals surface area contributed by atoms with E-state index in [0.29, 0.717) is 25.1 Å². The van der Waals surface area contributed by atoms with Crippen molar-refractivity contribution >= 4 is 103 Å². The number of hydrogen-bond acceptors (Lipinski definition) is 5. The van der Waals surface area contributed by atoms with E-state index < -0.39 is 6.04 Å². The Morgan fingerprint density at radius 2 is 1.65 bits per heavy atom. The zero-order valence-electron chi connectivity index (χ0n) is 16.5. The molecule has 0 fully saturated rings. The van der Waals surface area contributed by atoms with E-state index in [4.69, 9.17) is 10.5 Å². The minimum absolute atomic E-state index is 0.172. The number of hydrogen-bond donors (Lipinski definition) is 3. The molecule has 4 N–H and O–H groups in total. The second-order valence-corrected chi connectivity index (χ2v) is 11.5. The first-order valence-electron chi connectivity index (χ1n) is 9.53. The number of carbonyl (C=O) groups is 2. The van der Waals surface area contributed by atoms with Crippen LogP contribution in [0.3, 0.4) is 0 Å². The molecule has 0 saturated carbocycles. The minimum atomic E-state index is -0.631. The van der Waals surface area contributed by atoms with Crippen molar-refractivity contribution in [2.45, 2.75) is 38.1 Å². The van der Waals surface area contributed by atoms with Gasteiger partial charge in [0.25, 0.3) is 0 Å². The standard InChI is InChI=1S/C21H22I4N2O4/c22-14-10-13(11-15(23)19(14)29)31-20-16(24)7-12(8-17(20)25)9-18(26)21(30)27-5-3-1-2-4-6-28/h6-8,10-11,18,29H,1-5,9,26H2,(H,27,30)/t18-/m0/s1. The Kier molecular flexibility index (Phi) is 12.1. The van der Waals surface area contributed by atoms with Gasteiger partial charge in [-0.25, -0.2) is 0 Å². The van der Waals surface area contributed by atoms with Crippen molar-refractivity contribution in [2.24, 2.45) is 5.73 Å². The predicted octanol–water partition coefficient (Wildman–Crippen LogP) is 5.35. The molecule has 2 rings (SSSR count). The van der Waals surface area contributed by atoms with Crippen LogP contribution in [0.1, 0.15) is 31.2 Å². The molecule has 10 heteroatoms. The first-order chi connectivity index (χ1) is 14.7. The van der Waals surface area contributed by atoms with Gasteiger partial charge in [-0.3, -0.25) is 4.79 Å². The molecule has 0 aliphatic rings. The Labute approximate surface area is 236 Å². The quantitative estimate of drug-likeness (QED) is 0.161. The lowest BCUT2D eigenvalue weighted by molar-refractivity contribution is -0.122. The molecule has 0 unspecified atom stereocenters. The number of aldehydes is 1. The van der Waals surface area contributed by atoms with Gasteiger partial charge in [-0.2, -0.15) is 0 Å². The van der Waals surface area contributed by atoms with Gasteiger partial charge in [0, 0.05) is 13.0 Å². The lowest BCUT2D eigenvalue weighted by Gasteiger charge is -2.16. The van der Waals surface area contributed by atoms with Crippen molar-refractivity contribution in [3.8, 4) is 17.2 Å². The van der Waals surface area contributed by atoms with Crippen LogP contribution in [0.25, 0.3) is 0 Å². The summed E-state index contributed by atoms with van der Waals surface area (Å²) in [5.74, 6) is 1.46. The smallest absolute Gasteiger partial charge is 0.237 e. The molecule has 0 heterocycles. The average Bonchev–Trinajstić information content (AvgIpc) is 2.71.